The Bertz CT molecular complexity index is 883. The van der Waals surface area contributed by atoms with Crippen LogP contribution in [-0.4, -0.2) is 38.4 Å². The second-order valence-corrected chi connectivity index (χ2v) is 7.74. The number of carbonyl (C=O) groups is 1. The van der Waals surface area contributed by atoms with Crippen LogP contribution < -0.4 is 10.9 Å². The molecule has 148 valence electrons. The van der Waals surface area contributed by atoms with Crippen LogP contribution in [0, 0.1) is 19.8 Å². The number of pyridine rings is 1. The van der Waals surface area contributed by atoms with Gasteiger partial charge in [-0.05, 0) is 57.4 Å². The first-order valence-corrected chi connectivity index (χ1v) is 9.88. The minimum Gasteiger partial charge on any atom is -0.393 e. The van der Waals surface area contributed by atoms with Crippen LogP contribution in [0.2, 0.25) is 0 Å². The minimum atomic E-state index is -0.166. The van der Waals surface area contributed by atoms with Crippen molar-refractivity contribution >= 4 is 16.9 Å². The Kier molecular flexibility index (Phi) is 5.99. The zero-order valence-corrected chi connectivity index (χ0v) is 16.5. The molecule has 2 aromatic heterocycles. The number of aromatic amines is 1. The van der Waals surface area contributed by atoms with Gasteiger partial charge in [0, 0.05) is 31.0 Å². The summed E-state index contributed by atoms with van der Waals surface area (Å²) in [6.45, 7) is 4.47. The summed E-state index contributed by atoms with van der Waals surface area (Å²) in [6, 6.07) is 0. The lowest BCUT2D eigenvalue weighted by Gasteiger charge is -2.14. The van der Waals surface area contributed by atoms with Gasteiger partial charge in [0.05, 0.1) is 11.8 Å². The van der Waals surface area contributed by atoms with Crippen molar-refractivity contribution in [2.45, 2.75) is 64.9 Å². The average molecular weight is 374 g/mol. The molecule has 1 saturated carbocycles. The van der Waals surface area contributed by atoms with Crippen molar-refractivity contribution in [2.75, 3.05) is 6.54 Å². The number of aryl methyl sites for hydroxylation is 3. The van der Waals surface area contributed by atoms with E-state index >= 15 is 0 Å². The number of nitrogens with one attached hydrogen (secondary N) is 2. The lowest BCUT2D eigenvalue weighted by Crippen LogP contribution is -2.26. The van der Waals surface area contributed by atoms with Crippen LogP contribution in [0.4, 0.5) is 0 Å². The first-order valence-electron chi connectivity index (χ1n) is 9.88. The average Bonchev–Trinajstić information content (AvgIpc) is 3.14. The fourth-order valence-corrected chi connectivity index (χ4v) is 4.33. The zero-order chi connectivity index (χ0) is 19.6. The van der Waals surface area contributed by atoms with E-state index in [9.17, 15) is 14.7 Å². The van der Waals surface area contributed by atoms with Gasteiger partial charge in [0.25, 0.3) is 5.56 Å². The van der Waals surface area contributed by atoms with E-state index in [1.165, 1.54) is 0 Å². The number of aliphatic hydroxyl groups excluding tert-OH is 1. The highest BCUT2D eigenvalue weighted by atomic mass is 16.3. The fourth-order valence-electron chi connectivity index (χ4n) is 4.33. The van der Waals surface area contributed by atoms with Gasteiger partial charge >= 0.3 is 0 Å². The molecular weight excluding hydrogens is 344 g/mol. The molecule has 0 aliphatic heterocycles. The number of aromatic nitrogens is 3. The Hall–Kier alpha value is -2.15. The van der Waals surface area contributed by atoms with Crippen molar-refractivity contribution in [3.05, 3.63) is 27.2 Å². The number of fused-ring (bicyclic) bond motifs is 1. The van der Waals surface area contributed by atoms with Gasteiger partial charge in [-0.2, -0.15) is 5.10 Å². The maximum absolute atomic E-state index is 12.4. The third kappa shape index (κ3) is 4.24. The Morgan fingerprint density at radius 1 is 1.37 bits per heavy atom. The van der Waals surface area contributed by atoms with Gasteiger partial charge in [0.15, 0.2) is 0 Å². The molecular formula is C20H30N4O3. The van der Waals surface area contributed by atoms with E-state index in [0.29, 0.717) is 30.9 Å². The van der Waals surface area contributed by atoms with E-state index in [1.807, 2.05) is 20.9 Å². The summed E-state index contributed by atoms with van der Waals surface area (Å²) in [5.74, 6) is 0.348. The van der Waals surface area contributed by atoms with Gasteiger partial charge in [-0.1, -0.05) is 6.42 Å². The van der Waals surface area contributed by atoms with Crippen molar-refractivity contribution in [3.63, 3.8) is 0 Å². The quantitative estimate of drug-likeness (QED) is 0.644. The van der Waals surface area contributed by atoms with Gasteiger partial charge in [0.2, 0.25) is 5.91 Å². The number of nitrogens with zero attached hydrogens (tertiary/aromatic N) is 2. The molecule has 1 aliphatic rings. The molecule has 2 aromatic rings. The first-order chi connectivity index (χ1) is 12.9. The summed E-state index contributed by atoms with van der Waals surface area (Å²) in [7, 11) is 1.81. The highest BCUT2D eigenvalue weighted by Gasteiger charge is 2.24. The van der Waals surface area contributed by atoms with Crippen molar-refractivity contribution in [2.24, 2.45) is 13.0 Å². The predicted octanol–water partition coefficient (Wildman–Crippen LogP) is 1.87. The standard InChI is InChI=1S/C20H30N4O3/c1-12-15(20(27)22-19-18(12)13(2)23-24(19)3)9-10-17(26)21-11-5-7-14-6-4-8-16(14)25/h14,16,25H,4-11H2,1-3H3,(H,21,26)(H,22,27)/t14-,16-/m0/s1. The highest BCUT2D eigenvalue weighted by Crippen LogP contribution is 2.28. The van der Waals surface area contributed by atoms with Gasteiger partial charge in [0.1, 0.15) is 5.65 Å². The van der Waals surface area contributed by atoms with Gasteiger partial charge in [-0.25, -0.2) is 0 Å². The van der Waals surface area contributed by atoms with Crippen molar-refractivity contribution in [3.8, 4) is 0 Å². The van der Waals surface area contributed by atoms with Crippen LogP contribution in [0.3, 0.4) is 0 Å². The lowest BCUT2D eigenvalue weighted by atomic mass is 9.99. The first kappa shape index (κ1) is 19.6. The third-order valence-corrected chi connectivity index (χ3v) is 5.85. The van der Waals surface area contributed by atoms with Crippen molar-refractivity contribution in [1.82, 2.24) is 20.1 Å². The molecule has 1 amide bonds. The van der Waals surface area contributed by atoms with Gasteiger partial charge in [-0.3, -0.25) is 14.3 Å². The van der Waals surface area contributed by atoms with Crippen LogP contribution in [-0.2, 0) is 18.3 Å². The number of carbonyl (C=O) groups excluding carboxylic acids is 1. The van der Waals surface area contributed by atoms with E-state index in [-0.39, 0.29) is 17.6 Å². The Balaban J connectivity index is 1.53. The van der Waals surface area contributed by atoms with Crippen molar-refractivity contribution < 1.29 is 9.90 Å². The summed E-state index contributed by atoms with van der Waals surface area (Å²) in [5, 5.41) is 18.1. The molecule has 0 bridgehead atoms. The molecule has 0 spiro atoms. The second kappa shape index (κ2) is 8.25. The lowest BCUT2D eigenvalue weighted by molar-refractivity contribution is -0.121. The largest absolute Gasteiger partial charge is 0.393 e. The van der Waals surface area contributed by atoms with E-state index < -0.39 is 0 Å². The van der Waals surface area contributed by atoms with E-state index in [2.05, 4.69) is 15.4 Å². The Morgan fingerprint density at radius 2 is 2.15 bits per heavy atom. The summed E-state index contributed by atoms with van der Waals surface area (Å²) >= 11 is 0. The van der Waals surface area contributed by atoms with Crippen LogP contribution in [0.1, 0.15) is 55.3 Å². The highest BCUT2D eigenvalue weighted by molar-refractivity contribution is 5.83. The maximum Gasteiger partial charge on any atom is 0.253 e. The molecule has 7 nitrogen and oxygen atoms in total. The Labute approximate surface area is 159 Å². The van der Waals surface area contributed by atoms with Crippen LogP contribution in [0.25, 0.3) is 11.0 Å². The van der Waals surface area contributed by atoms with Gasteiger partial charge < -0.3 is 15.4 Å². The predicted molar refractivity (Wildman–Crippen MR) is 105 cm³/mol. The normalized spacial score (nSPS) is 19.7. The number of H-pyrrole nitrogens is 1. The van der Waals surface area contributed by atoms with Crippen molar-refractivity contribution in [1.29, 1.82) is 0 Å². The maximum atomic E-state index is 12.4. The molecule has 0 saturated heterocycles. The molecule has 27 heavy (non-hydrogen) atoms. The fraction of sp³-hybridized carbons (Fsp3) is 0.650. The van der Waals surface area contributed by atoms with Crippen LogP contribution in [0.15, 0.2) is 4.79 Å². The monoisotopic (exact) mass is 374 g/mol. The number of hydrogen-bond donors (Lipinski definition) is 3. The summed E-state index contributed by atoms with van der Waals surface area (Å²) in [6.07, 6.45) is 5.48. The molecule has 0 radical (unpaired) electrons. The number of rotatable bonds is 7. The topological polar surface area (TPSA) is 100 Å². The molecule has 0 unspecified atom stereocenters. The summed E-state index contributed by atoms with van der Waals surface area (Å²) < 4.78 is 1.68. The number of amides is 1. The molecule has 0 aromatic carbocycles. The number of aliphatic hydroxyl groups is 1. The molecule has 3 rings (SSSR count). The molecule has 1 aliphatic carbocycles. The molecule has 2 atom stereocenters. The van der Waals surface area contributed by atoms with E-state index in [1.54, 1.807) is 4.68 Å². The minimum absolute atomic E-state index is 0.0382. The second-order valence-electron chi connectivity index (χ2n) is 7.74. The summed E-state index contributed by atoms with van der Waals surface area (Å²) in [4.78, 5) is 27.4. The smallest absolute Gasteiger partial charge is 0.253 e. The SMILES string of the molecule is Cc1nn(C)c2[nH]c(=O)c(CCC(=O)NCCC[C@@H]3CCC[C@@H]3O)c(C)c12. The van der Waals surface area contributed by atoms with E-state index in [4.69, 9.17) is 0 Å². The third-order valence-electron chi connectivity index (χ3n) is 5.85. The molecule has 3 N–H and O–H groups in total. The molecule has 7 heteroatoms. The van der Waals surface area contributed by atoms with Gasteiger partial charge in [-0.15, -0.1) is 0 Å². The van der Waals surface area contributed by atoms with Crippen LogP contribution >= 0.6 is 0 Å². The molecule has 2 heterocycles. The van der Waals surface area contributed by atoms with Crippen LogP contribution in [0.5, 0.6) is 0 Å². The van der Waals surface area contributed by atoms with E-state index in [0.717, 1.165) is 54.4 Å². The summed E-state index contributed by atoms with van der Waals surface area (Å²) in [5.41, 5.74) is 3.01. The Morgan fingerprint density at radius 3 is 2.85 bits per heavy atom. The molecule has 1 fully saturated rings. The zero-order valence-electron chi connectivity index (χ0n) is 16.5. The number of hydrogen-bond acceptors (Lipinski definition) is 4.